The first-order valence-corrected chi connectivity index (χ1v) is 10.3. The van der Waals surface area contributed by atoms with Gasteiger partial charge < -0.3 is 14.6 Å². The van der Waals surface area contributed by atoms with Gasteiger partial charge in [0.25, 0.3) is 5.91 Å². The molecule has 0 radical (unpaired) electrons. The van der Waals surface area contributed by atoms with Gasteiger partial charge in [0, 0.05) is 31.2 Å². The number of nitrogens with zero attached hydrogens (tertiary/aromatic N) is 4. The molecule has 1 atom stereocenters. The number of aryl methyl sites for hydroxylation is 2. The van der Waals surface area contributed by atoms with Crippen LogP contribution < -0.4 is 15.5 Å². The lowest BCUT2D eigenvalue weighted by Crippen LogP contribution is -2.34. The Morgan fingerprint density at radius 3 is 2.96 bits per heavy atom. The molecule has 0 aliphatic rings. The number of nitrogens with one attached hydrogen (secondary N) is 1. The van der Waals surface area contributed by atoms with Crippen LogP contribution in [0.5, 0.6) is 5.75 Å². The molecule has 1 amide bonds. The largest absolute Gasteiger partial charge is 0.478 e. The molecule has 0 fully saturated rings. The Morgan fingerprint density at radius 2 is 2.18 bits per heavy atom. The molecule has 9 heteroatoms. The van der Waals surface area contributed by atoms with Crippen molar-refractivity contribution in [1.29, 1.82) is 0 Å². The molecule has 0 saturated carbocycles. The van der Waals surface area contributed by atoms with Crippen LogP contribution in [0.15, 0.2) is 41.5 Å². The molecule has 0 bridgehead atoms. The van der Waals surface area contributed by atoms with E-state index in [4.69, 9.17) is 4.74 Å². The maximum atomic E-state index is 12.5. The molecular weight excluding hydrogens is 378 g/mol. The number of hydrogen-bond acceptors (Lipinski definition) is 6. The summed E-state index contributed by atoms with van der Waals surface area (Å²) in [5, 5.41) is 11.4. The van der Waals surface area contributed by atoms with E-state index in [1.165, 1.54) is 6.07 Å². The number of fused-ring (bicyclic) bond motifs is 1. The summed E-state index contributed by atoms with van der Waals surface area (Å²) in [5.74, 6) is 1.36. The lowest BCUT2D eigenvalue weighted by Gasteiger charge is -2.17. The van der Waals surface area contributed by atoms with E-state index in [0.717, 1.165) is 17.1 Å². The van der Waals surface area contributed by atoms with Gasteiger partial charge in [0.1, 0.15) is 0 Å². The van der Waals surface area contributed by atoms with E-state index in [0.29, 0.717) is 12.2 Å². The van der Waals surface area contributed by atoms with Crippen LogP contribution in [-0.2, 0) is 11.8 Å². The first kappa shape index (κ1) is 19.9. The van der Waals surface area contributed by atoms with Crippen molar-refractivity contribution >= 4 is 23.3 Å². The molecule has 148 valence electrons. The topological polar surface area (TPSA) is 90.5 Å². The second-order valence-electron chi connectivity index (χ2n) is 6.43. The Kier molecular flexibility index (Phi) is 6.35. The molecule has 3 rings (SSSR count). The van der Waals surface area contributed by atoms with Crippen LogP contribution in [0.1, 0.15) is 24.0 Å². The normalized spacial score (nSPS) is 12.1. The fourth-order valence-electron chi connectivity index (χ4n) is 2.79. The van der Waals surface area contributed by atoms with Crippen LogP contribution in [0.3, 0.4) is 0 Å². The van der Waals surface area contributed by atoms with Gasteiger partial charge in [-0.2, -0.15) is 11.8 Å². The molecule has 0 spiro atoms. The SMILES string of the molecule is CSCC[C@H](NC(=O)COc1cn(C)c(C)cc1=O)c1nnc2ccccn12. The first-order valence-electron chi connectivity index (χ1n) is 8.87. The second-order valence-corrected chi connectivity index (χ2v) is 7.42. The van der Waals surface area contributed by atoms with E-state index in [1.54, 1.807) is 22.5 Å². The molecule has 3 aromatic heterocycles. The van der Waals surface area contributed by atoms with Gasteiger partial charge in [-0.05, 0) is 37.5 Å². The summed E-state index contributed by atoms with van der Waals surface area (Å²) in [6.45, 7) is 1.59. The molecule has 0 aromatic carbocycles. The molecule has 0 aliphatic heterocycles. The predicted molar refractivity (Wildman–Crippen MR) is 109 cm³/mol. The van der Waals surface area contributed by atoms with E-state index in [-0.39, 0.29) is 29.7 Å². The number of aromatic nitrogens is 4. The summed E-state index contributed by atoms with van der Waals surface area (Å²) >= 11 is 1.69. The third-order valence-corrected chi connectivity index (χ3v) is 5.05. The van der Waals surface area contributed by atoms with Crippen molar-refractivity contribution in [2.45, 2.75) is 19.4 Å². The Bertz CT molecular complexity index is 1030. The fourth-order valence-corrected chi connectivity index (χ4v) is 3.26. The van der Waals surface area contributed by atoms with Crippen molar-refractivity contribution in [1.82, 2.24) is 24.5 Å². The summed E-state index contributed by atoms with van der Waals surface area (Å²) in [6.07, 6.45) is 6.17. The van der Waals surface area contributed by atoms with Crippen molar-refractivity contribution in [3.8, 4) is 5.75 Å². The average molecular weight is 401 g/mol. The average Bonchev–Trinajstić information content (AvgIpc) is 3.11. The number of amides is 1. The standard InChI is InChI=1S/C19H23N5O3S/c1-13-10-15(25)16(11-23(13)2)27-12-18(26)20-14(7-9-28-3)19-22-21-17-6-4-5-8-24(17)19/h4-6,8,10-11,14H,7,9,12H2,1-3H3,(H,20,26)/t14-/m0/s1. The van der Waals surface area contributed by atoms with E-state index in [2.05, 4.69) is 15.5 Å². The fraction of sp³-hybridized carbons (Fsp3) is 0.368. The van der Waals surface area contributed by atoms with Gasteiger partial charge in [0.15, 0.2) is 23.8 Å². The molecular formula is C19H23N5O3S. The van der Waals surface area contributed by atoms with Crippen molar-refractivity contribution in [3.63, 3.8) is 0 Å². The highest BCUT2D eigenvalue weighted by Gasteiger charge is 2.20. The molecule has 1 N–H and O–H groups in total. The van der Waals surface area contributed by atoms with Gasteiger partial charge in [0.2, 0.25) is 5.43 Å². The third-order valence-electron chi connectivity index (χ3n) is 4.41. The zero-order valence-electron chi connectivity index (χ0n) is 16.1. The van der Waals surface area contributed by atoms with Crippen LogP contribution in [0.4, 0.5) is 0 Å². The van der Waals surface area contributed by atoms with Gasteiger partial charge >= 0.3 is 0 Å². The van der Waals surface area contributed by atoms with Crippen molar-refractivity contribution in [2.24, 2.45) is 7.05 Å². The van der Waals surface area contributed by atoms with Crippen molar-refractivity contribution in [3.05, 3.63) is 58.4 Å². The number of carbonyl (C=O) groups is 1. The molecule has 0 saturated heterocycles. The first-order chi connectivity index (χ1) is 13.5. The molecule has 3 aromatic rings. The van der Waals surface area contributed by atoms with E-state index >= 15 is 0 Å². The summed E-state index contributed by atoms with van der Waals surface area (Å²) in [4.78, 5) is 24.5. The molecule has 28 heavy (non-hydrogen) atoms. The maximum absolute atomic E-state index is 12.5. The van der Waals surface area contributed by atoms with Crippen LogP contribution in [0, 0.1) is 6.92 Å². The third kappa shape index (κ3) is 4.53. The van der Waals surface area contributed by atoms with Crippen molar-refractivity contribution < 1.29 is 9.53 Å². The quantitative estimate of drug-likeness (QED) is 0.618. The highest BCUT2D eigenvalue weighted by Crippen LogP contribution is 2.18. The highest BCUT2D eigenvalue weighted by molar-refractivity contribution is 7.98. The van der Waals surface area contributed by atoms with Gasteiger partial charge in [-0.1, -0.05) is 6.07 Å². The summed E-state index contributed by atoms with van der Waals surface area (Å²) in [6, 6.07) is 6.82. The summed E-state index contributed by atoms with van der Waals surface area (Å²) in [5.41, 5.74) is 1.30. The van der Waals surface area contributed by atoms with Gasteiger partial charge in [-0.15, -0.1) is 10.2 Å². The summed E-state index contributed by atoms with van der Waals surface area (Å²) in [7, 11) is 1.82. The highest BCUT2D eigenvalue weighted by atomic mass is 32.2. The number of thioether (sulfide) groups is 1. The Balaban J connectivity index is 1.71. The van der Waals surface area contributed by atoms with E-state index < -0.39 is 0 Å². The van der Waals surface area contributed by atoms with Crippen LogP contribution in [0.25, 0.3) is 5.65 Å². The van der Waals surface area contributed by atoms with Crippen LogP contribution in [0.2, 0.25) is 0 Å². The number of rotatable bonds is 8. The van der Waals surface area contributed by atoms with E-state index in [9.17, 15) is 9.59 Å². The van der Waals surface area contributed by atoms with Gasteiger partial charge in [0.05, 0.1) is 6.04 Å². The Hall–Kier alpha value is -2.81. The smallest absolute Gasteiger partial charge is 0.258 e. The Labute approximate surface area is 166 Å². The zero-order chi connectivity index (χ0) is 20.1. The molecule has 0 aliphatic carbocycles. The van der Waals surface area contributed by atoms with E-state index in [1.807, 2.05) is 49.0 Å². The monoisotopic (exact) mass is 401 g/mol. The Morgan fingerprint density at radius 1 is 1.36 bits per heavy atom. The molecule has 0 unspecified atom stereocenters. The number of carbonyl (C=O) groups excluding carboxylic acids is 1. The number of ether oxygens (including phenoxy) is 1. The van der Waals surface area contributed by atoms with Gasteiger partial charge in [-0.3, -0.25) is 14.0 Å². The predicted octanol–water partition coefficient (Wildman–Crippen LogP) is 1.73. The number of pyridine rings is 2. The minimum Gasteiger partial charge on any atom is -0.478 e. The summed E-state index contributed by atoms with van der Waals surface area (Å²) < 4.78 is 9.09. The molecule has 8 nitrogen and oxygen atoms in total. The second kappa shape index (κ2) is 8.92. The number of hydrogen-bond donors (Lipinski definition) is 1. The lowest BCUT2D eigenvalue weighted by molar-refractivity contribution is -0.124. The van der Waals surface area contributed by atoms with Crippen LogP contribution in [-0.4, -0.2) is 43.7 Å². The van der Waals surface area contributed by atoms with Crippen LogP contribution >= 0.6 is 11.8 Å². The minimum absolute atomic E-state index is 0.150. The molecule has 3 heterocycles. The van der Waals surface area contributed by atoms with Crippen molar-refractivity contribution in [2.75, 3.05) is 18.6 Å². The van der Waals surface area contributed by atoms with Gasteiger partial charge in [-0.25, -0.2) is 0 Å². The zero-order valence-corrected chi connectivity index (χ0v) is 16.9. The minimum atomic E-state index is -0.318. The maximum Gasteiger partial charge on any atom is 0.258 e. The lowest BCUT2D eigenvalue weighted by atomic mass is 10.2.